The van der Waals surface area contributed by atoms with Crippen LogP contribution in [0, 0.1) is 0 Å². The third-order valence-corrected chi connectivity index (χ3v) is 1.99. The van der Waals surface area contributed by atoms with Crippen molar-refractivity contribution >= 4 is 11.6 Å². The molecule has 0 fully saturated rings. The molecule has 17 heavy (non-hydrogen) atoms. The van der Waals surface area contributed by atoms with E-state index in [9.17, 15) is 13.6 Å². The minimum Gasteiger partial charge on any atom is -0.492 e. The lowest BCUT2D eigenvalue weighted by atomic mass is 10.2. The van der Waals surface area contributed by atoms with Gasteiger partial charge in [0, 0.05) is 5.56 Å². The number of nitrogens with two attached hydrogens (primary N) is 1. The summed E-state index contributed by atoms with van der Waals surface area (Å²) in [5, 5.41) is 2.09. The average molecular weight is 244 g/mol. The van der Waals surface area contributed by atoms with Crippen molar-refractivity contribution in [2.45, 2.75) is 13.3 Å². The van der Waals surface area contributed by atoms with Gasteiger partial charge in [-0.1, -0.05) is 0 Å². The number of hydrogen-bond acceptors (Lipinski definition) is 3. The SMILES string of the molecule is CCOc1ccc(C(=O)NCC(F)F)cc1N. The van der Waals surface area contributed by atoms with Crippen LogP contribution >= 0.6 is 0 Å². The predicted molar refractivity (Wildman–Crippen MR) is 60.4 cm³/mol. The zero-order valence-corrected chi connectivity index (χ0v) is 9.37. The van der Waals surface area contributed by atoms with Gasteiger partial charge in [-0.25, -0.2) is 8.78 Å². The molecular weight excluding hydrogens is 230 g/mol. The van der Waals surface area contributed by atoms with Crippen LogP contribution in [0.3, 0.4) is 0 Å². The van der Waals surface area contributed by atoms with Crippen molar-refractivity contribution in [2.24, 2.45) is 0 Å². The molecule has 0 saturated carbocycles. The highest BCUT2D eigenvalue weighted by Crippen LogP contribution is 2.22. The molecule has 0 aliphatic carbocycles. The number of amides is 1. The van der Waals surface area contributed by atoms with Crippen LogP contribution in [-0.2, 0) is 0 Å². The van der Waals surface area contributed by atoms with Gasteiger partial charge < -0.3 is 15.8 Å². The molecule has 0 aromatic heterocycles. The van der Waals surface area contributed by atoms with Crippen molar-refractivity contribution in [2.75, 3.05) is 18.9 Å². The second-order valence-corrected chi connectivity index (χ2v) is 3.29. The van der Waals surface area contributed by atoms with Crippen molar-refractivity contribution in [3.8, 4) is 5.75 Å². The fourth-order valence-corrected chi connectivity index (χ4v) is 1.25. The second-order valence-electron chi connectivity index (χ2n) is 3.29. The highest BCUT2D eigenvalue weighted by atomic mass is 19.3. The summed E-state index contributed by atoms with van der Waals surface area (Å²) in [5.41, 5.74) is 6.18. The number of carbonyl (C=O) groups is 1. The van der Waals surface area contributed by atoms with Crippen LogP contribution in [0.4, 0.5) is 14.5 Å². The molecular formula is C11H14F2N2O2. The Balaban J connectivity index is 2.72. The number of nitrogens with one attached hydrogen (secondary N) is 1. The van der Waals surface area contributed by atoms with Gasteiger partial charge >= 0.3 is 0 Å². The van der Waals surface area contributed by atoms with Crippen molar-refractivity contribution in [1.29, 1.82) is 0 Å². The quantitative estimate of drug-likeness (QED) is 0.774. The highest BCUT2D eigenvalue weighted by Gasteiger charge is 2.10. The van der Waals surface area contributed by atoms with Gasteiger partial charge in [-0.2, -0.15) is 0 Å². The summed E-state index contributed by atoms with van der Waals surface area (Å²) in [6.07, 6.45) is -2.57. The standard InChI is InChI=1S/C11H14F2N2O2/c1-2-17-9-4-3-7(5-8(9)14)11(16)15-6-10(12)13/h3-5,10H,2,6,14H2,1H3,(H,15,16). The molecule has 0 aliphatic rings. The highest BCUT2D eigenvalue weighted by molar-refractivity contribution is 5.95. The molecule has 0 aliphatic heterocycles. The maximum Gasteiger partial charge on any atom is 0.255 e. The zero-order chi connectivity index (χ0) is 12.8. The number of benzene rings is 1. The number of carbonyl (C=O) groups excluding carboxylic acids is 1. The molecule has 1 amide bonds. The number of rotatable bonds is 5. The zero-order valence-electron chi connectivity index (χ0n) is 9.37. The fraction of sp³-hybridized carbons (Fsp3) is 0.364. The molecule has 6 heteroatoms. The minimum atomic E-state index is -2.57. The van der Waals surface area contributed by atoms with Gasteiger partial charge in [0.05, 0.1) is 18.8 Å². The summed E-state index contributed by atoms with van der Waals surface area (Å²) < 4.78 is 29.0. The van der Waals surface area contributed by atoms with Gasteiger partial charge in [-0.3, -0.25) is 4.79 Å². The molecule has 1 aromatic rings. The molecule has 0 atom stereocenters. The van der Waals surface area contributed by atoms with Crippen LogP contribution in [-0.4, -0.2) is 25.5 Å². The molecule has 0 unspecified atom stereocenters. The number of anilines is 1. The van der Waals surface area contributed by atoms with Gasteiger partial charge in [0.2, 0.25) is 0 Å². The van der Waals surface area contributed by atoms with E-state index in [0.29, 0.717) is 18.0 Å². The number of halogens is 2. The van der Waals surface area contributed by atoms with Gasteiger partial charge in [0.15, 0.2) is 0 Å². The largest absolute Gasteiger partial charge is 0.492 e. The van der Waals surface area contributed by atoms with E-state index in [1.165, 1.54) is 18.2 Å². The molecule has 94 valence electrons. The minimum absolute atomic E-state index is 0.228. The third kappa shape index (κ3) is 3.90. The van der Waals surface area contributed by atoms with Gasteiger partial charge in [-0.15, -0.1) is 0 Å². The van der Waals surface area contributed by atoms with E-state index >= 15 is 0 Å². The number of nitrogen functional groups attached to an aromatic ring is 1. The summed E-state index contributed by atoms with van der Waals surface area (Å²) in [4.78, 5) is 11.4. The first-order valence-corrected chi connectivity index (χ1v) is 5.13. The molecule has 0 radical (unpaired) electrons. The van der Waals surface area contributed by atoms with Crippen LogP contribution in [0.2, 0.25) is 0 Å². The van der Waals surface area contributed by atoms with Crippen LogP contribution in [0.5, 0.6) is 5.75 Å². The number of alkyl halides is 2. The lowest BCUT2D eigenvalue weighted by Crippen LogP contribution is -2.28. The maximum absolute atomic E-state index is 11.9. The molecule has 0 bridgehead atoms. The van der Waals surface area contributed by atoms with Crippen molar-refractivity contribution in [1.82, 2.24) is 5.32 Å². The Hall–Kier alpha value is -1.85. The Morgan fingerprint density at radius 1 is 1.53 bits per heavy atom. The first-order valence-electron chi connectivity index (χ1n) is 5.13. The van der Waals surface area contributed by atoms with E-state index in [1.807, 2.05) is 6.92 Å². The Morgan fingerprint density at radius 3 is 2.76 bits per heavy atom. The Morgan fingerprint density at radius 2 is 2.24 bits per heavy atom. The van der Waals surface area contributed by atoms with Crippen LogP contribution in [0.25, 0.3) is 0 Å². The van der Waals surface area contributed by atoms with Gasteiger partial charge in [-0.05, 0) is 25.1 Å². The first kappa shape index (κ1) is 13.2. The van der Waals surface area contributed by atoms with Crippen molar-refractivity contribution in [3.63, 3.8) is 0 Å². The molecule has 0 saturated heterocycles. The molecule has 1 rings (SSSR count). The Kier molecular flexibility index (Phi) is 4.68. The lowest BCUT2D eigenvalue weighted by Gasteiger charge is -2.09. The molecule has 0 heterocycles. The van der Waals surface area contributed by atoms with Crippen LogP contribution < -0.4 is 15.8 Å². The number of ether oxygens (including phenoxy) is 1. The smallest absolute Gasteiger partial charge is 0.255 e. The topological polar surface area (TPSA) is 64.3 Å². The molecule has 3 N–H and O–H groups in total. The van der Waals surface area contributed by atoms with Crippen LogP contribution in [0.1, 0.15) is 17.3 Å². The molecule has 1 aromatic carbocycles. The normalized spacial score (nSPS) is 10.4. The van der Waals surface area contributed by atoms with E-state index in [2.05, 4.69) is 5.32 Å². The van der Waals surface area contributed by atoms with Crippen molar-refractivity contribution in [3.05, 3.63) is 23.8 Å². The monoisotopic (exact) mass is 244 g/mol. The Bertz CT molecular complexity index is 397. The first-order chi connectivity index (χ1) is 8.04. The van der Waals surface area contributed by atoms with E-state index in [1.54, 1.807) is 0 Å². The summed E-state index contributed by atoms with van der Waals surface area (Å²) in [7, 11) is 0. The summed E-state index contributed by atoms with van der Waals surface area (Å²) in [6, 6.07) is 4.41. The van der Waals surface area contributed by atoms with E-state index in [0.717, 1.165) is 0 Å². The second kappa shape index (κ2) is 6.03. The predicted octanol–water partition coefficient (Wildman–Crippen LogP) is 1.66. The number of hydrogen-bond donors (Lipinski definition) is 2. The van der Waals surface area contributed by atoms with E-state index < -0.39 is 18.9 Å². The summed E-state index contributed by atoms with van der Waals surface area (Å²) in [6.45, 7) is 1.59. The van der Waals surface area contributed by atoms with E-state index in [4.69, 9.17) is 10.5 Å². The van der Waals surface area contributed by atoms with E-state index in [-0.39, 0.29) is 5.56 Å². The summed E-state index contributed by atoms with van der Waals surface area (Å²) >= 11 is 0. The molecule has 0 spiro atoms. The van der Waals surface area contributed by atoms with Crippen molar-refractivity contribution < 1.29 is 18.3 Å². The maximum atomic E-state index is 11.9. The van der Waals surface area contributed by atoms with Gasteiger partial charge in [0.25, 0.3) is 12.3 Å². The lowest BCUT2D eigenvalue weighted by molar-refractivity contribution is 0.0891. The summed E-state index contributed by atoms with van der Waals surface area (Å²) in [5.74, 6) is -0.113. The van der Waals surface area contributed by atoms with Gasteiger partial charge in [0.1, 0.15) is 5.75 Å². The average Bonchev–Trinajstić information content (AvgIpc) is 2.28. The third-order valence-electron chi connectivity index (χ3n) is 1.99. The molecule has 4 nitrogen and oxygen atoms in total. The fourth-order valence-electron chi connectivity index (χ4n) is 1.25. The Labute approximate surface area is 97.8 Å². The van der Waals surface area contributed by atoms with Crippen LogP contribution in [0.15, 0.2) is 18.2 Å².